The normalized spacial score (nSPS) is 20.2. The minimum absolute atomic E-state index is 0.357. The number of rotatable bonds is 6. The van der Waals surface area contributed by atoms with Crippen LogP contribution in [-0.2, 0) is 22.1 Å². The maximum Gasteiger partial charge on any atom is 0.265 e. The summed E-state index contributed by atoms with van der Waals surface area (Å²) in [5, 5.41) is 10.3. The number of ether oxygens (including phenoxy) is 2. The van der Waals surface area contributed by atoms with E-state index < -0.39 is 33.5 Å². The third-order valence-corrected chi connectivity index (χ3v) is 6.96. The molecule has 0 amide bonds. The highest BCUT2D eigenvalue weighted by atomic mass is 32.2. The van der Waals surface area contributed by atoms with Gasteiger partial charge in [0.05, 0.1) is 17.8 Å². The predicted molar refractivity (Wildman–Crippen MR) is 111 cm³/mol. The van der Waals surface area contributed by atoms with Crippen LogP contribution in [0, 0.1) is 20.8 Å². The molecule has 2 N–H and O–H groups in total. The molecule has 29 heavy (non-hydrogen) atoms. The zero-order valence-electron chi connectivity index (χ0n) is 17.4. The van der Waals surface area contributed by atoms with Crippen molar-refractivity contribution in [2.45, 2.75) is 52.2 Å². The van der Waals surface area contributed by atoms with Crippen LogP contribution < -0.4 is 9.47 Å². The molecule has 0 saturated heterocycles. The Labute approximate surface area is 172 Å². The molecule has 1 atom stereocenters. The Balaban J connectivity index is 2.18. The molecule has 1 aliphatic rings. The van der Waals surface area contributed by atoms with Crippen LogP contribution in [0.3, 0.4) is 0 Å². The van der Waals surface area contributed by atoms with Crippen LogP contribution in [0.5, 0.6) is 11.5 Å². The maximum absolute atomic E-state index is 11.9. The van der Waals surface area contributed by atoms with Crippen LogP contribution in [-0.4, -0.2) is 36.0 Å². The quantitative estimate of drug-likeness (QED) is 0.695. The molecule has 1 heterocycles. The van der Waals surface area contributed by atoms with Gasteiger partial charge in [0.25, 0.3) is 10.1 Å². The topological polar surface area (TPSA) is 93.1 Å². The van der Waals surface area contributed by atoms with Gasteiger partial charge in [-0.05, 0) is 56.9 Å². The van der Waals surface area contributed by atoms with Gasteiger partial charge in [-0.2, -0.15) is 8.42 Å². The van der Waals surface area contributed by atoms with Gasteiger partial charge in [0, 0.05) is 5.56 Å². The first-order chi connectivity index (χ1) is 13.4. The fraction of sp³-hybridized carbons (Fsp3) is 0.455. The lowest BCUT2D eigenvalue weighted by atomic mass is 9.70. The summed E-state index contributed by atoms with van der Waals surface area (Å²) in [4.78, 5) is 0. The average molecular weight is 421 g/mol. The van der Waals surface area contributed by atoms with Crippen molar-refractivity contribution in [3.8, 4) is 11.5 Å². The van der Waals surface area contributed by atoms with Crippen molar-refractivity contribution in [1.29, 1.82) is 0 Å². The molecule has 0 saturated carbocycles. The largest absolute Gasteiger partial charge is 0.488 e. The van der Waals surface area contributed by atoms with Gasteiger partial charge in [-0.25, -0.2) is 0 Å². The minimum Gasteiger partial charge on any atom is -0.488 e. The Kier molecular flexibility index (Phi) is 5.45. The van der Waals surface area contributed by atoms with Crippen molar-refractivity contribution >= 4 is 10.1 Å². The Hall–Kier alpha value is -2.09. The SMILES string of the molecule is Cc1c(C)c2c(c(C)c1OCc1ccccc1)[C@](CO)(CS(=O)(=O)O)C(C)(C)O2. The van der Waals surface area contributed by atoms with E-state index in [1.165, 1.54) is 0 Å². The Morgan fingerprint density at radius 2 is 1.66 bits per heavy atom. The summed E-state index contributed by atoms with van der Waals surface area (Å²) in [7, 11) is -4.38. The molecule has 158 valence electrons. The number of aliphatic hydroxyl groups is 1. The first-order valence-corrected chi connectivity index (χ1v) is 11.1. The van der Waals surface area contributed by atoms with Gasteiger partial charge in [0.2, 0.25) is 0 Å². The highest BCUT2D eigenvalue weighted by Gasteiger charge is 2.58. The first kappa shape index (κ1) is 21.6. The summed E-state index contributed by atoms with van der Waals surface area (Å²) >= 11 is 0. The lowest BCUT2D eigenvalue weighted by Crippen LogP contribution is -2.54. The third-order valence-electron chi connectivity index (χ3n) is 6.10. The van der Waals surface area contributed by atoms with E-state index in [2.05, 4.69) is 0 Å². The van der Waals surface area contributed by atoms with Crippen LogP contribution in [0.25, 0.3) is 0 Å². The van der Waals surface area contributed by atoms with Gasteiger partial charge in [0.1, 0.15) is 23.7 Å². The molecule has 2 aromatic rings. The van der Waals surface area contributed by atoms with Gasteiger partial charge in [-0.1, -0.05) is 30.3 Å². The van der Waals surface area contributed by atoms with Gasteiger partial charge in [-0.15, -0.1) is 0 Å². The van der Waals surface area contributed by atoms with Crippen molar-refractivity contribution in [2.24, 2.45) is 0 Å². The molecule has 0 radical (unpaired) electrons. The zero-order valence-corrected chi connectivity index (χ0v) is 18.3. The molecular weight excluding hydrogens is 392 g/mol. The highest BCUT2D eigenvalue weighted by molar-refractivity contribution is 7.85. The van der Waals surface area contributed by atoms with E-state index in [1.54, 1.807) is 13.8 Å². The third kappa shape index (κ3) is 3.63. The number of aliphatic hydroxyl groups excluding tert-OH is 1. The molecule has 7 heteroatoms. The monoisotopic (exact) mass is 420 g/mol. The molecule has 0 bridgehead atoms. The second kappa shape index (κ2) is 7.31. The van der Waals surface area contributed by atoms with Gasteiger partial charge < -0.3 is 14.6 Å². The Bertz CT molecular complexity index is 1030. The summed E-state index contributed by atoms with van der Waals surface area (Å²) in [6.07, 6.45) is 0. The van der Waals surface area contributed by atoms with E-state index in [9.17, 15) is 18.1 Å². The second-order valence-corrected chi connectivity index (χ2v) is 9.71. The van der Waals surface area contributed by atoms with Gasteiger partial charge >= 0.3 is 0 Å². The average Bonchev–Trinajstić information content (AvgIpc) is 2.87. The molecule has 1 aliphatic heterocycles. The minimum atomic E-state index is -4.38. The molecule has 0 aliphatic carbocycles. The van der Waals surface area contributed by atoms with E-state index in [1.807, 2.05) is 51.1 Å². The van der Waals surface area contributed by atoms with Crippen molar-refractivity contribution in [3.63, 3.8) is 0 Å². The van der Waals surface area contributed by atoms with E-state index in [4.69, 9.17) is 9.47 Å². The van der Waals surface area contributed by atoms with Crippen LogP contribution >= 0.6 is 0 Å². The Morgan fingerprint density at radius 1 is 1.03 bits per heavy atom. The van der Waals surface area contributed by atoms with Crippen molar-refractivity contribution in [3.05, 3.63) is 58.1 Å². The number of fused-ring (bicyclic) bond motifs is 1. The Morgan fingerprint density at radius 3 is 2.21 bits per heavy atom. The van der Waals surface area contributed by atoms with E-state index in [-0.39, 0.29) is 0 Å². The van der Waals surface area contributed by atoms with Crippen LogP contribution in [0.1, 0.15) is 41.7 Å². The predicted octanol–water partition coefficient (Wildman–Crippen LogP) is 3.48. The summed E-state index contributed by atoms with van der Waals surface area (Å²) in [5.41, 5.74) is 1.66. The first-order valence-electron chi connectivity index (χ1n) is 9.49. The number of hydrogen-bond acceptors (Lipinski definition) is 5. The molecule has 2 aromatic carbocycles. The van der Waals surface area contributed by atoms with E-state index in [0.717, 1.165) is 16.7 Å². The number of hydrogen-bond donors (Lipinski definition) is 2. The van der Waals surface area contributed by atoms with Gasteiger partial charge in [0.15, 0.2) is 0 Å². The van der Waals surface area contributed by atoms with Crippen molar-refractivity contribution in [2.75, 3.05) is 12.4 Å². The summed E-state index contributed by atoms with van der Waals surface area (Å²) in [5.74, 6) is 0.548. The lowest BCUT2D eigenvalue weighted by Gasteiger charge is -2.38. The fourth-order valence-electron chi connectivity index (χ4n) is 4.27. The van der Waals surface area contributed by atoms with Crippen LogP contribution in [0.2, 0.25) is 0 Å². The summed E-state index contributed by atoms with van der Waals surface area (Å²) in [6, 6.07) is 9.74. The smallest absolute Gasteiger partial charge is 0.265 e. The molecule has 0 unspecified atom stereocenters. The number of benzene rings is 2. The molecule has 0 fully saturated rings. The van der Waals surface area contributed by atoms with Crippen LogP contribution in [0.4, 0.5) is 0 Å². The fourth-order valence-corrected chi connectivity index (χ4v) is 5.48. The summed E-state index contributed by atoms with van der Waals surface area (Å²) < 4.78 is 45.7. The molecular formula is C22H28O6S. The second-order valence-electron chi connectivity index (χ2n) is 8.26. The van der Waals surface area contributed by atoms with Crippen molar-refractivity contribution < 1.29 is 27.6 Å². The molecule has 0 spiro atoms. The molecule has 0 aromatic heterocycles. The van der Waals surface area contributed by atoms with Crippen LogP contribution in [0.15, 0.2) is 30.3 Å². The standard InChI is InChI=1S/C22H28O6S/c1-14-15(2)20-18(16(3)19(14)27-11-17-9-7-6-8-10-17)22(12-23,13-29(24,25)26)21(4,5)28-20/h6-10,23H,11-13H2,1-5H3,(H,24,25,26)/t22-/m0/s1. The highest BCUT2D eigenvalue weighted by Crippen LogP contribution is 2.55. The lowest BCUT2D eigenvalue weighted by molar-refractivity contribution is 0.0283. The summed E-state index contributed by atoms with van der Waals surface area (Å²) in [6.45, 7) is 8.98. The molecule has 3 rings (SSSR count). The van der Waals surface area contributed by atoms with Gasteiger partial charge in [-0.3, -0.25) is 4.55 Å². The zero-order chi connectivity index (χ0) is 21.6. The molecule has 6 nitrogen and oxygen atoms in total. The maximum atomic E-state index is 11.9. The van der Waals surface area contributed by atoms with E-state index in [0.29, 0.717) is 29.2 Å². The van der Waals surface area contributed by atoms with Crippen molar-refractivity contribution in [1.82, 2.24) is 0 Å². The van der Waals surface area contributed by atoms with E-state index >= 15 is 0 Å².